The van der Waals surface area contributed by atoms with Gasteiger partial charge in [-0.15, -0.1) is 0 Å². The molecule has 2 aromatic carbocycles. The van der Waals surface area contributed by atoms with Gasteiger partial charge in [-0.3, -0.25) is 0 Å². The fraction of sp³-hybridized carbons (Fsp3) is 0.613. The molecule has 0 nitrogen and oxygen atoms in total. The van der Waals surface area contributed by atoms with Gasteiger partial charge in [0.05, 0.1) is 0 Å². The fourth-order valence-electron chi connectivity index (χ4n) is 7.50. The second kappa shape index (κ2) is 11.8. The third-order valence-corrected chi connectivity index (χ3v) is 16.1. The molecule has 3 aliphatic rings. The van der Waals surface area contributed by atoms with Crippen LogP contribution in [0.5, 0.6) is 0 Å². The molecule has 33 heavy (non-hydrogen) atoms. The third-order valence-electron chi connectivity index (χ3n) is 9.01. The number of rotatable bonds is 7. The van der Waals surface area contributed by atoms with Gasteiger partial charge in [-0.25, -0.2) is 0 Å². The van der Waals surface area contributed by atoms with Gasteiger partial charge in [-0.2, -0.15) is 0 Å². The Morgan fingerprint density at radius 3 is 1.55 bits per heavy atom. The molecule has 5 rings (SSSR count). The van der Waals surface area contributed by atoms with Crippen molar-refractivity contribution in [3.8, 4) is 0 Å². The maximum Gasteiger partial charge on any atom is -0.00945 e. The standard InChI is InChI=1S/C31H44P2/c1-25(32(26-15-6-2-7-16-26)27-17-8-3-9-18-27)30-23-14-24-31(30)33(28-19-10-4-11-20-28)29-21-12-5-13-22-29/h4-5,10-13,19-22,25-27,30-31H,2-3,6-9,14-18,23-24H2,1H3/t25-,30?,31?/m1/s1. The van der Waals surface area contributed by atoms with E-state index < -0.39 is 0 Å². The van der Waals surface area contributed by atoms with Gasteiger partial charge < -0.3 is 0 Å². The van der Waals surface area contributed by atoms with Crippen LogP contribution >= 0.6 is 15.8 Å². The van der Waals surface area contributed by atoms with E-state index in [1.165, 1.54) is 57.8 Å². The Morgan fingerprint density at radius 1 is 0.576 bits per heavy atom. The highest BCUT2D eigenvalue weighted by Crippen LogP contribution is 2.64. The minimum Gasteiger partial charge on any atom is -0.0971 e. The topological polar surface area (TPSA) is 0 Å². The predicted molar refractivity (Wildman–Crippen MR) is 150 cm³/mol. The molecule has 0 heterocycles. The average molecular weight is 479 g/mol. The summed E-state index contributed by atoms with van der Waals surface area (Å²) in [6.45, 7) is 2.75. The van der Waals surface area contributed by atoms with E-state index in [9.17, 15) is 0 Å². The molecule has 2 unspecified atom stereocenters. The summed E-state index contributed by atoms with van der Waals surface area (Å²) in [6.07, 6.45) is 19.6. The van der Waals surface area contributed by atoms with Crippen molar-refractivity contribution in [2.24, 2.45) is 5.92 Å². The van der Waals surface area contributed by atoms with Crippen LogP contribution in [0.15, 0.2) is 60.7 Å². The Hall–Kier alpha value is -0.700. The van der Waals surface area contributed by atoms with E-state index in [4.69, 9.17) is 0 Å². The molecule has 0 bridgehead atoms. The Balaban J connectivity index is 1.45. The summed E-state index contributed by atoms with van der Waals surface area (Å²) in [7, 11) is -0.121. The van der Waals surface area contributed by atoms with E-state index in [1.807, 2.05) is 0 Å². The van der Waals surface area contributed by atoms with E-state index in [0.29, 0.717) is 0 Å². The molecule has 0 N–H and O–H groups in total. The molecule has 0 spiro atoms. The summed E-state index contributed by atoms with van der Waals surface area (Å²) < 4.78 is 0. The first-order valence-corrected chi connectivity index (χ1v) is 17.0. The average Bonchev–Trinajstić information content (AvgIpc) is 3.36. The molecule has 0 amide bonds. The van der Waals surface area contributed by atoms with Crippen LogP contribution in [0.4, 0.5) is 0 Å². The van der Waals surface area contributed by atoms with Crippen LogP contribution in [0.1, 0.15) is 90.4 Å². The molecular weight excluding hydrogens is 434 g/mol. The van der Waals surface area contributed by atoms with Gasteiger partial charge in [-0.05, 0) is 85.6 Å². The molecule has 0 aromatic heterocycles. The van der Waals surface area contributed by atoms with Gasteiger partial charge in [0.15, 0.2) is 0 Å². The van der Waals surface area contributed by atoms with E-state index in [2.05, 4.69) is 67.6 Å². The van der Waals surface area contributed by atoms with Crippen molar-refractivity contribution in [1.82, 2.24) is 0 Å². The van der Waals surface area contributed by atoms with Gasteiger partial charge in [0, 0.05) is 0 Å². The predicted octanol–water partition coefficient (Wildman–Crippen LogP) is 8.82. The zero-order valence-corrected chi connectivity index (χ0v) is 22.5. The van der Waals surface area contributed by atoms with E-state index in [1.54, 1.807) is 36.3 Å². The molecule has 3 aliphatic carbocycles. The number of hydrogen-bond donors (Lipinski definition) is 0. The lowest BCUT2D eigenvalue weighted by Gasteiger charge is -2.46. The summed E-state index contributed by atoms with van der Waals surface area (Å²) in [5.74, 6) is 0.937. The summed E-state index contributed by atoms with van der Waals surface area (Å²) in [4.78, 5) is 0. The summed E-state index contributed by atoms with van der Waals surface area (Å²) in [5.41, 5.74) is 3.98. The summed E-state index contributed by atoms with van der Waals surface area (Å²) in [6, 6.07) is 23.2. The van der Waals surface area contributed by atoms with Crippen LogP contribution in [-0.4, -0.2) is 22.6 Å². The Bertz CT molecular complexity index is 765. The van der Waals surface area contributed by atoms with Gasteiger partial charge in [0.1, 0.15) is 0 Å². The van der Waals surface area contributed by atoms with Gasteiger partial charge in [0.25, 0.3) is 0 Å². The van der Waals surface area contributed by atoms with Crippen molar-refractivity contribution >= 4 is 26.5 Å². The molecule has 0 aliphatic heterocycles. The van der Waals surface area contributed by atoms with Crippen molar-refractivity contribution in [3.05, 3.63) is 60.7 Å². The highest BCUT2D eigenvalue weighted by atomic mass is 31.1. The van der Waals surface area contributed by atoms with Crippen molar-refractivity contribution < 1.29 is 0 Å². The molecule has 3 saturated carbocycles. The quantitative estimate of drug-likeness (QED) is 0.349. The second-order valence-corrected chi connectivity index (χ2v) is 16.6. The van der Waals surface area contributed by atoms with Crippen LogP contribution in [-0.2, 0) is 0 Å². The van der Waals surface area contributed by atoms with Crippen molar-refractivity contribution in [3.63, 3.8) is 0 Å². The molecule has 0 radical (unpaired) electrons. The zero-order valence-electron chi connectivity index (χ0n) is 20.7. The Morgan fingerprint density at radius 2 is 1.06 bits per heavy atom. The van der Waals surface area contributed by atoms with Crippen LogP contribution in [0.25, 0.3) is 0 Å². The minimum atomic E-state index is -0.273. The highest BCUT2D eigenvalue weighted by Gasteiger charge is 2.44. The van der Waals surface area contributed by atoms with Crippen molar-refractivity contribution in [2.75, 3.05) is 0 Å². The highest BCUT2D eigenvalue weighted by molar-refractivity contribution is 7.73. The maximum absolute atomic E-state index is 2.75. The minimum absolute atomic E-state index is 0.152. The van der Waals surface area contributed by atoms with Crippen molar-refractivity contribution in [2.45, 2.75) is 113 Å². The normalized spacial score (nSPS) is 26.2. The van der Waals surface area contributed by atoms with Crippen molar-refractivity contribution in [1.29, 1.82) is 0 Å². The first kappa shape index (κ1) is 24.0. The smallest absolute Gasteiger partial charge is 0.00945 e. The van der Waals surface area contributed by atoms with Crippen LogP contribution in [0.2, 0.25) is 0 Å². The first-order valence-electron chi connectivity index (χ1n) is 14.0. The van der Waals surface area contributed by atoms with Crippen LogP contribution < -0.4 is 10.6 Å². The molecule has 3 atom stereocenters. The molecule has 2 aromatic rings. The number of benzene rings is 2. The molecule has 2 heteroatoms. The number of hydrogen-bond acceptors (Lipinski definition) is 0. The maximum atomic E-state index is 2.75. The zero-order chi connectivity index (χ0) is 22.5. The lowest BCUT2D eigenvalue weighted by atomic mass is 9.99. The Labute approximate surface area is 205 Å². The SMILES string of the molecule is C[C@H](C1CCCC1P(c1ccccc1)c1ccccc1)P(C1CCCCC1)C1CCCCC1. The Kier molecular flexibility index (Phi) is 8.60. The van der Waals surface area contributed by atoms with E-state index >= 15 is 0 Å². The first-order chi connectivity index (χ1) is 16.3. The lowest BCUT2D eigenvalue weighted by molar-refractivity contribution is 0.467. The third kappa shape index (κ3) is 5.60. The molecule has 3 fully saturated rings. The second-order valence-electron chi connectivity index (χ2n) is 11.0. The molecule has 0 saturated heterocycles. The monoisotopic (exact) mass is 478 g/mol. The van der Waals surface area contributed by atoms with E-state index in [-0.39, 0.29) is 15.8 Å². The van der Waals surface area contributed by atoms with E-state index in [0.717, 1.165) is 28.6 Å². The van der Waals surface area contributed by atoms with Crippen LogP contribution in [0, 0.1) is 5.92 Å². The summed E-state index contributed by atoms with van der Waals surface area (Å²) >= 11 is 0. The molecular formula is C31H44P2. The molecule has 178 valence electrons. The largest absolute Gasteiger partial charge is 0.0971 e. The van der Waals surface area contributed by atoms with Crippen LogP contribution in [0.3, 0.4) is 0 Å². The van der Waals surface area contributed by atoms with Gasteiger partial charge in [-0.1, -0.05) is 120 Å². The fourth-order valence-corrected chi connectivity index (χ4v) is 15.6. The summed E-state index contributed by atoms with van der Waals surface area (Å²) in [5, 5.41) is 3.23. The van der Waals surface area contributed by atoms with Gasteiger partial charge in [0.2, 0.25) is 0 Å². The lowest BCUT2D eigenvalue weighted by Crippen LogP contribution is -2.34. The van der Waals surface area contributed by atoms with Gasteiger partial charge >= 0.3 is 0 Å².